The van der Waals surface area contributed by atoms with Gasteiger partial charge in [-0.05, 0) is 31.2 Å². The first-order valence-corrected chi connectivity index (χ1v) is 7.76. The molecule has 0 aromatic heterocycles. The van der Waals surface area contributed by atoms with Gasteiger partial charge in [0.05, 0.1) is 18.3 Å². The van der Waals surface area contributed by atoms with Crippen molar-refractivity contribution in [2.24, 2.45) is 0 Å². The van der Waals surface area contributed by atoms with Crippen molar-refractivity contribution in [1.82, 2.24) is 0 Å². The number of nitrogens with one attached hydrogen (secondary N) is 2. The van der Waals surface area contributed by atoms with E-state index in [-0.39, 0.29) is 11.9 Å². The van der Waals surface area contributed by atoms with Crippen LogP contribution in [0.1, 0.15) is 18.1 Å². The fraction of sp³-hybridized carbons (Fsp3) is 0.222. The van der Waals surface area contributed by atoms with Gasteiger partial charge in [0.15, 0.2) is 6.04 Å². The molecule has 0 heterocycles. The first-order chi connectivity index (χ1) is 11.0. The molecule has 1 unspecified atom stereocenters. The number of nitrogens with zero attached hydrogens (tertiary/aromatic N) is 1. The number of carbonyl (C=O) groups is 1. The smallest absolute Gasteiger partial charge is 0.282 e. The van der Waals surface area contributed by atoms with Crippen LogP contribution in [0.5, 0.6) is 0 Å². The second-order valence-electron chi connectivity index (χ2n) is 5.52. The summed E-state index contributed by atoms with van der Waals surface area (Å²) in [5, 5.41) is 12.6. The first kappa shape index (κ1) is 17.0. The van der Waals surface area contributed by atoms with Crippen LogP contribution in [-0.2, 0) is 11.3 Å². The maximum Gasteiger partial charge on any atom is 0.282 e. The molecule has 2 atom stereocenters. The molecule has 5 heteroatoms. The Morgan fingerprint density at radius 1 is 1.30 bits per heavy atom. The quantitative estimate of drug-likeness (QED) is 0.884. The number of anilines is 1. The number of quaternary nitrogens is 1. The number of likely N-dealkylation sites (N-methyl/N-ethyl adjacent to an activating group) is 1. The minimum atomic E-state index is -0.263. The Hall–Kier alpha value is -2.35. The largest absolute Gasteiger partial charge is 0.324 e. The second-order valence-corrected chi connectivity index (χ2v) is 5.96. The highest BCUT2D eigenvalue weighted by Crippen LogP contribution is 2.13. The molecule has 23 heavy (non-hydrogen) atoms. The summed E-state index contributed by atoms with van der Waals surface area (Å²) in [5.41, 5.74) is 2.08. The number of rotatable bonds is 5. The number of nitriles is 1. The number of carbonyl (C=O) groups excluding carboxylic acids is 1. The molecule has 0 aliphatic rings. The lowest BCUT2D eigenvalue weighted by molar-refractivity contribution is -0.907. The summed E-state index contributed by atoms with van der Waals surface area (Å²) in [4.78, 5) is 13.5. The molecular weight excluding hydrogens is 310 g/mol. The lowest BCUT2D eigenvalue weighted by Gasteiger charge is -2.21. The standard InChI is InChI=1S/C18H18ClN3O/c1-13(22(2)12-14-6-5-8-16(19)10-14)18(23)21-17-9-4-3-7-15(17)11-20/h3-10,13H,12H2,1-2H3,(H,21,23)/p+1/t13-/m0/s1. The van der Waals surface area contributed by atoms with Gasteiger partial charge in [-0.15, -0.1) is 0 Å². The van der Waals surface area contributed by atoms with E-state index in [0.29, 0.717) is 22.8 Å². The third-order valence-electron chi connectivity index (χ3n) is 3.81. The van der Waals surface area contributed by atoms with Crippen molar-refractivity contribution >= 4 is 23.2 Å². The van der Waals surface area contributed by atoms with E-state index < -0.39 is 0 Å². The van der Waals surface area contributed by atoms with Crippen molar-refractivity contribution in [2.75, 3.05) is 12.4 Å². The van der Waals surface area contributed by atoms with Crippen LogP contribution in [0.25, 0.3) is 0 Å². The summed E-state index contributed by atoms with van der Waals surface area (Å²) in [6.45, 7) is 2.55. The van der Waals surface area contributed by atoms with Crippen molar-refractivity contribution in [3.05, 3.63) is 64.7 Å². The van der Waals surface area contributed by atoms with E-state index in [0.717, 1.165) is 10.5 Å². The molecule has 0 saturated carbocycles. The van der Waals surface area contributed by atoms with Crippen LogP contribution in [-0.4, -0.2) is 19.0 Å². The predicted molar refractivity (Wildman–Crippen MR) is 91.3 cm³/mol. The fourth-order valence-electron chi connectivity index (χ4n) is 2.28. The molecule has 2 N–H and O–H groups in total. The van der Waals surface area contributed by atoms with E-state index >= 15 is 0 Å². The number of amides is 1. The van der Waals surface area contributed by atoms with Gasteiger partial charge in [0.1, 0.15) is 12.6 Å². The van der Waals surface area contributed by atoms with E-state index in [1.165, 1.54) is 0 Å². The Kier molecular flexibility index (Phi) is 5.75. The number of benzene rings is 2. The molecule has 0 aliphatic carbocycles. The molecule has 2 rings (SSSR count). The predicted octanol–water partition coefficient (Wildman–Crippen LogP) is 2.25. The van der Waals surface area contributed by atoms with Crippen molar-refractivity contribution in [3.8, 4) is 6.07 Å². The average Bonchev–Trinajstić information content (AvgIpc) is 2.54. The molecule has 0 saturated heterocycles. The molecule has 0 bridgehead atoms. The van der Waals surface area contributed by atoms with Crippen LogP contribution < -0.4 is 10.2 Å². The van der Waals surface area contributed by atoms with Gasteiger partial charge in [-0.25, -0.2) is 0 Å². The summed E-state index contributed by atoms with van der Waals surface area (Å²) < 4.78 is 0. The van der Waals surface area contributed by atoms with Gasteiger partial charge < -0.3 is 10.2 Å². The van der Waals surface area contributed by atoms with Crippen molar-refractivity contribution in [1.29, 1.82) is 5.26 Å². The van der Waals surface area contributed by atoms with Crippen LogP contribution >= 0.6 is 11.6 Å². The van der Waals surface area contributed by atoms with E-state index in [1.54, 1.807) is 24.3 Å². The third kappa shape index (κ3) is 4.56. The van der Waals surface area contributed by atoms with E-state index in [2.05, 4.69) is 11.4 Å². The maximum absolute atomic E-state index is 12.4. The van der Waals surface area contributed by atoms with Crippen LogP contribution in [0.15, 0.2) is 48.5 Å². The van der Waals surface area contributed by atoms with Gasteiger partial charge in [0.2, 0.25) is 0 Å². The molecule has 0 aliphatic heterocycles. The van der Waals surface area contributed by atoms with Crippen LogP contribution in [0, 0.1) is 11.3 Å². The first-order valence-electron chi connectivity index (χ1n) is 7.38. The fourth-order valence-corrected chi connectivity index (χ4v) is 2.49. The minimum absolute atomic E-state index is 0.118. The Morgan fingerprint density at radius 2 is 2.04 bits per heavy atom. The Morgan fingerprint density at radius 3 is 2.74 bits per heavy atom. The van der Waals surface area contributed by atoms with E-state index in [1.807, 2.05) is 38.2 Å². The van der Waals surface area contributed by atoms with Crippen molar-refractivity contribution in [3.63, 3.8) is 0 Å². The molecule has 118 valence electrons. The molecule has 2 aromatic carbocycles. The van der Waals surface area contributed by atoms with E-state index in [9.17, 15) is 4.79 Å². The normalized spacial score (nSPS) is 13.0. The molecule has 1 amide bonds. The van der Waals surface area contributed by atoms with Crippen molar-refractivity contribution in [2.45, 2.75) is 19.5 Å². The molecule has 0 spiro atoms. The zero-order valence-corrected chi connectivity index (χ0v) is 13.9. The molecule has 0 fully saturated rings. The zero-order valence-electron chi connectivity index (χ0n) is 13.1. The SMILES string of the molecule is C[C@@H](C(=O)Nc1ccccc1C#N)[NH+](C)Cc1cccc(Cl)c1. The Bertz CT molecular complexity index is 739. The zero-order chi connectivity index (χ0) is 16.8. The third-order valence-corrected chi connectivity index (χ3v) is 4.04. The highest BCUT2D eigenvalue weighted by atomic mass is 35.5. The van der Waals surface area contributed by atoms with Crippen LogP contribution in [0.3, 0.4) is 0 Å². The summed E-state index contributed by atoms with van der Waals surface area (Å²) in [7, 11) is 1.96. The van der Waals surface area contributed by atoms with Gasteiger partial charge in [0.25, 0.3) is 5.91 Å². The van der Waals surface area contributed by atoms with Crippen LogP contribution in [0.2, 0.25) is 5.02 Å². The van der Waals surface area contributed by atoms with Gasteiger partial charge >= 0.3 is 0 Å². The summed E-state index contributed by atoms with van der Waals surface area (Å²) in [5.74, 6) is -0.118. The number of para-hydroxylation sites is 1. The van der Waals surface area contributed by atoms with Gasteiger partial charge in [-0.1, -0.05) is 35.9 Å². The monoisotopic (exact) mass is 328 g/mol. The Balaban J connectivity index is 2.03. The minimum Gasteiger partial charge on any atom is -0.324 e. The molecule has 0 radical (unpaired) electrons. The van der Waals surface area contributed by atoms with Gasteiger partial charge in [0, 0.05) is 10.6 Å². The topological polar surface area (TPSA) is 57.3 Å². The second kappa shape index (κ2) is 7.77. The van der Waals surface area contributed by atoms with Gasteiger partial charge in [-0.3, -0.25) is 4.79 Å². The Labute approximate surface area is 141 Å². The lowest BCUT2D eigenvalue weighted by Crippen LogP contribution is -3.12. The van der Waals surface area contributed by atoms with E-state index in [4.69, 9.17) is 16.9 Å². The number of halogens is 1. The van der Waals surface area contributed by atoms with Crippen LogP contribution in [0.4, 0.5) is 5.69 Å². The number of hydrogen-bond donors (Lipinski definition) is 2. The summed E-state index contributed by atoms with van der Waals surface area (Å²) in [6.07, 6.45) is 0. The number of hydrogen-bond acceptors (Lipinski definition) is 2. The lowest BCUT2D eigenvalue weighted by atomic mass is 10.1. The molecule has 2 aromatic rings. The molecular formula is C18H19ClN3O+. The highest BCUT2D eigenvalue weighted by molar-refractivity contribution is 6.30. The maximum atomic E-state index is 12.4. The molecule has 4 nitrogen and oxygen atoms in total. The highest BCUT2D eigenvalue weighted by Gasteiger charge is 2.22. The van der Waals surface area contributed by atoms with Gasteiger partial charge in [-0.2, -0.15) is 5.26 Å². The summed E-state index contributed by atoms with van der Waals surface area (Å²) >= 11 is 5.99. The summed E-state index contributed by atoms with van der Waals surface area (Å²) in [6, 6.07) is 16.4. The van der Waals surface area contributed by atoms with Crippen molar-refractivity contribution < 1.29 is 9.69 Å². The average molecular weight is 329 g/mol.